The molecule has 2 unspecified atom stereocenters. The van der Waals surface area contributed by atoms with Gasteiger partial charge < -0.3 is 4.90 Å². The first kappa shape index (κ1) is 24.8. The Bertz CT molecular complexity index is 1090. The molecule has 2 aromatic carbocycles. The van der Waals surface area contributed by atoms with Crippen molar-refractivity contribution in [3.05, 3.63) is 93.6 Å². The molecule has 0 saturated carbocycles. The highest BCUT2D eigenvalue weighted by molar-refractivity contribution is 6.42. The predicted molar refractivity (Wildman–Crippen MR) is 132 cm³/mol. The third-order valence-electron chi connectivity index (χ3n) is 6.37. The number of pyridine rings is 1. The van der Waals surface area contributed by atoms with Gasteiger partial charge in [0.05, 0.1) is 15.6 Å². The normalized spacial score (nSPS) is 18.9. The topological polar surface area (TPSA) is 19.4 Å². The van der Waals surface area contributed by atoms with Crippen LogP contribution in [0, 0.1) is 5.92 Å². The van der Waals surface area contributed by atoms with Gasteiger partial charge in [0.25, 0.3) is 0 Å². The van der Waals surface area contributed by atoms with Gasteiger partial charge in [-0.05, 0) is 48.2 Å². The van der Waals surface area contributed by atoms with Gasteiger partial charge in [0, 0.05) is 44.8 Å². The number of likely N-dealkylation sites (tertiary alicyclic amines) is 1. The van der Waals surface area contributed by atoms with Crippen LogP contribution in [0.5, 0.6) is 0 Å². The lowest BCUT2D eigenvalue weighted by atomic mass is 9.88. The van der Waals surface area contributed by atoms with Crippen molar-refractivity contribution in [1.82, 2.24) is 9.88 Å². The van der Waals surface area contributed by atoms with Gasteiger partial charge in [0.1, 0.15) is 5.82 Å². The minimum absolute atomic E-state index is 0.210. The summed E-state index contributed by atoms with van der Waals surface area (Å²) >= 11 is 12.5. The number of hydrogen-bond acceptors (Lipinski definition) is 3. The van der Waals surface area contributed by atoms with Crippen LogP contribution in [-0.4, -0.2) is 36.1 Å². The first-order valence-corrected chi connectivity index (χ1v) is 12.0. The van der Waals surface area contributed by atoms with Gasteiger partial charge in [-0.1, -0.05) is 59.6 Å². The zero-order chi connectivity index (χ0) is 24.3. The van der Waals surface area contributed by atoms with E-state index < -0.39 is 11.7 Å². The number of benzene rings is 2. The van der Waals surface area contributed by atoms with Crippen LogP contribution in [0.1, 0.15) is 29.5 Å². The summed E-state index contributed by atoms with van der Waals surface area (Å²) in [5.74, 6) is 0.997. The van der Waals surface area contributed by atoms with E-state index >= 15 is 0 Å². The van der Waals surface area contributed by atoms with Crippen LogP contribution in [-0.2, 0) is 12.7 Å². The second-order valence-electron chi connectivity index (χ2n) is 8.66. The molecule has 1 saturated heterocycles. The van der Waals surface area contributed by atoms with E-state index in [0.29, 0.717) is 29.0 Å². The Morgan fingerprint density at radius 3 is 2.38 bits per heavy atom. The van der Waals surface area contributed by atoms with E-state index in [9.17, 15) is 13.2 Å². The molecule has 8 heteroatoms. The number of nitrogens with zero attached hydrogens (tertiary/aromatic N) is 3. The van der Waals surface area contributed by atoms with Crippen molar-refractivity contribution in [1.29, 1.82) is 0 Å². The molecular formula is C26H26Cl2F3N3. The Kier molecular flexibility index (Phi) is 7.70. The van der Waals surface area contributed by atoms with Crippen LogP contribution in [0.25, 0.3) is 0 Å². The van der Waals surface area contributed by atoms with E-state index in [2.05, 4.69) is 22.0 Å². The van der Waals surface area contributed by atoms with Gasteiger partial charge in [0.2, 0.25) is 0 Å². The van der Waals surface area contributed by atoms with Crippen molar-refractivity contribution < 1.29 is 13.2 Å². The summed E-state index contributed by atoms with van der Waals surface area (Å²) < 4.78 is 38.9. The lowest BCUT2D eigenvalue weighted by molar-refractivity contribution is -0.137. The SMILES string of the molecule is CCN(CC1CN(Cc2ccccc2)CC1c1ccc(Cl)c(Cl)c1)c1ccc(C(F)(F)F)cn1. The summed E-state index contributed by atoms with van der Waals surface area (Å²) in [5, 5.41) is 1.04. The Hall–Kier alpha value is -2.28. The maximum Gasteiger partial charge on any atom is 0.417 e. The molecule has 1 aliphatic heterocycles. The number of halogens is 5. The third-order valence-corrected chi connectivity index (χ3v) is 7.11. The van der Waals surface area contributed by atoms with Crippen LogP contribution in [0.3, 0.4) is 0 Å². The van der Waals surface area contributed by atoms with Crippen LogP contribution in [0.2, 0.25) is 10.0 Å². The molecule has 180 valence electrons. The molecule has 1 aromatic heterocycles. The van der Waals surface area contributed by atoms with Crippen LogP contribution < -0.4 is 4.90 Å². The average molecular weight is 508 g/mol. The van der Waals surface area contributed by atoms with E-state index in [-0.39, 0.29) is 11.8 Å². The lowest BCUT2D eigenvalue weighted by Gasteiger charge is -2.28. The summed E-state index contributed by atoms with van der Waals surface area (Å²) in [6, 6.07) is 18.6. The number of rotatable bonds is 7. The van der Waals surface area contributed by atoms with Crippen LogP contribution >= 0.6 is 23.2 Å². The fourth-order valence-electron chi connectivity index (χ4n) is 4.65. The molecule has 1 aliphatic rings. The molecule has 0 bridgehead atoms. The second-order valence-corrected chi connectivity index (χ2v) is 9.48. The maximum absolute atomic E-state index is 13.0. The standard InChI is InChI=1S/C26H26Cl2F3N3/c1-2-34(25-11-9-21(13-32-25)26(29,30)31)16-20-15-33(14-18-6-4-3-5-7-18)17-22(20)19-8-10-23(27)24(28)12-19/h3-13,20,22H,2,14-17H2,1H3. The van der Waals surface area contributed by atoms with Gasteiger partial charge in [-0.25, -0.2) is 4.98 Å². The van der Waals surface area contributed by atoms with E-state index in [1.165, 1.54) is 11.6 Å². The monoisotopic (exact) mass is 507 g/mol. The minimum atomic E-state index is -4.40. The minimum Gasteiger partial charge on any atom is -0.357 e. The molecule has 3 nitrogen and oxygen atoms in total. The molecule has 0 aliphatic carbocycles. The number of hydrogen-bond donors (Lipinski definition) is 0. The molecule has 1 fully saturated rings. The molecule has 0 spiro atoms. The molecule has 0 N–H and O–H groups in total. The molecule has 4 rings (SSSR count). The maximum atomic E-state index is 13.0. The highest BCUT2D eigenvalue weighted by Gasteiger charge is 2.36. The van der Waals surface area contributed by atoms with Crippen molar-refractivity contribution in [2.75, 3.05) is 31.1 Å². The Labute approximate surface area is 208 Å². The van der Waals surface area contributed by atoms with Gasteiger partial charge >= 0.3 is 6.18 Å². The summed E-state index contributed by atoms with van der Waals surface area (Å²) in [6.45, 7) is 5.85. The van der Waals surface area contributed by atoms with Gasteiger partial charge in [0.15, 0.2) is 0 Å². The Morgan fingerprint density at radius 2 is 1.76 bits per heavy atom. The first-order valence-electron chi connectivity index (χ1n) is 11.2. The van der Waals surface area contributed by atoms with E-state index in [1.807, 2.05) is 48.2 Å². The molecule has 2 atom stereocenters. The van der Waals surface area contributed by atoms with Gasteiger partial charge in [-0.3, -0.25) is 4.90 Å². The van der Waals surface area contributed by atoms with E-state index in [0.717, 1.165) is 37.5 Å². The fourth-order valence-corrected chi connectivity index (χ4v) is 4.95. The molecule has 2 heterocycles. The Morgan fingerprint density at radius 1 is 1.00 bits per heavy atom. The van der Waals surface area contributed by atoms with Gasteiger partial charge in [-0.2, -0.15) is 13.2 Å². The second kappa shape index (κ2) is 10.5. The number of alkyl halides is 3. The first-order chi connectivity index (χ1) is 16.2. The largest absolute Gasteiger partial charge is 0.417 e. The fraction of sp³-hybridized carbons (Fsp3) is 0.346. The average Bonchev–Trinajstić information content (AvgIpc) is 3.21. The quantitative estimate of drug-likeness (QED) is 0.338. The van der Waals surface area contributed by atoms with Crippen molar-refractivity contribution >= 4 is 29.0 Å². The third kappa shape index (κ3) is 5.85. The zero-order valence-electron chi connectivity index (χ0n) is 18.8. The summed E-state index contributed by atoms with van der Waals surface area (Å²) in [7, 11) is 0. The molecule has 34 heavy (non-hydrogen) atoms. The van der Waals surface area contributed by atoms with Gasteiger partial charge in [-0.15, -0.1) is 0 Å². The molecule has 3 aromatic rings. The van der Waals surface area contributed by atoms with Crippen molar-refractivity contribution in [2.45, 2.75) is 25.6 Å². The summed E-state index contributed by atoms with van der Waals surface area (Å²) in [6.07, 6.45) is -3.49. The van der Waals surface area contributed by atoms with Crippen LogP contribution in [0.4, 0.5) is 19.0 Å². The summed E-state index contributed by atoms with van der Waals surface area (Å²) in [4.78, 5) is 8.58. The lowest BCUT2D eigenvalue weighted by Crippen LogP contribution is -2.33. The molecule has 0 radical (unpaired) electrons. The predicted octanol–water partition coefficient (Wildman–Crippen LogP) is 7.15. The van der Waals surface area contributed by atoms with Crippen molar-refractivity contribution in [3.8, 4) is 0 Å². The van der Waals surface area contributed by atoms with Crippen molar-refractivity contribution in [2.24, 2.45) is 5.92 Å². The molecule has 0 amide bonds. The van der Waals surface area contributed by atoms with E-state index in [4.69, 9.17) is 23.2 Å². The smallest absolute Gasteiger partial charge is 0.357 e. The highest BCUT2D eigenvalue weighted by atomic mass is 35.5. The Balaban J connectivity index is 1.57. The van der Waals surface area contributed by atoms with Crippen molar-refractivity contribution in [3.63, 3.8) is 0 Å². The molecular weight excluding hydrogens is 482 g/mol. The summed E-state index contributed by atoms with van der Waals surface area (Å²) in [5.41, 5.74) is 1.62. The number of aromatic nitrogens is 1. The van der Waals surface area contributed by atoms with E-state index in [1.54, 1.807) is 0 Å². The van der Waals surface area contributed by atoms with Crippen LogP contribution in [0.15, 0.2) is 66.9 Å². The highest BCUT2D eigenvalue weighted by Crippen LogP contribution is 2.37. The zero-order valence-corrected chi connectivity index (χ0v) is 20.3. The number of anilines is 1.